The van der Waals surface area contributed by atoms with Gasteiger partial charge in [-0.05, 0) is 12.1 Å². The van der Waals surface area contributed by atoms with Crippen LogP contribution < -0.4 is 10.2 Å². The van der Waals surface area contributed by atoms with E-state index in [4.69, 9.17) is 0 Å². The van der Waals surface area contributed by atoms with Gasteiger partial charge in [-0.15, -0.1) is 10.2 Å². The van der Waals surface area contributed by atoms with E-state index in [1.807, 2.05) is 25.5 Å². The highest BCUT2D eigenvalue weighted by Crippen LogP contribution is 2.14. The van der Waals surface area contributed by atoms with Crippen molar-refractivity contribution >= 4 is 11.7 Å². The zero-order valence-electron chi connectivity index (χ0n) is 13.4. The average Bonchev–Trinajstić information content (AvgIpc) is 3.00. The van der Waals surface area contributed by atoms with Crippen molar-refractivity contribution in [2.75, 3.05) is 38.1 Å². The molecule has 0 radical (unpaired) electrons. The highest BCUT2D eigenvalue weighted by molar-refractivity contribution is 5.91. The number of carbonyl (C=O) groups excluding carboxylic acids is 1. The minimum Gasteiger partial charge on any atom is -0.354 e. The number of hydrogen-bond donors (Lipinski definition) is 1. The lowest BCUT2D eigenvalue weighted by Crippen LogP contribution is -2.46. The van der Waals surface area contributed by atoms with Crippen molar-refractivity contribution < 1.29 is 4.79 Å². The van der Waals surface area contributed by atoms with Crippen molar-refractivity contribution in [3.05, 3.63) is 36.0 Å². The van der Waals surface area contributed by atoms with Gasteiger partial charge in [-0.25, -0.2) is 4.98 Å². The standard InChI is InChI=1S/C15H21N7O/c1-16-15(23)12-3-4-13(19-18-12)22-9-7-21(8-10-22)11-14-17-5-6-20(14)2/h3-6H,7-11H2,1-2H3,(H,16,23). The fraction of sp³-hybridized carbons (Fsp3) is 0.467. The zero-order valence-corrected chi connectivity index (χ0v) is 13.4. The molecule has 3 heterocycles. The lowest BCUT2D eigenvalue weighted by molar-refractivity contribution is 0.0957. The van der Waals surface area contributed by atoms with Crippen LogP contribution in [-0.2, 0) is 13.6 Å². The smallest absolute Gasteiger partial charge is 0.271 e. The van der Waals surface area contributed by atoms with E-state index in [-0.39, 0.29) is 5.91 Å². The quantitative estimate of drug-likeness (QED) is 0.848. The molecule has 0 aliphatic carbocycles. The number of rotatable bonds is 4. The maximum Gasteiger partial charge on any atom is 0.271 e. The molecule has 3 rings (SSSR count). The largest absolute Gasteiger partial charge is 0.354 e. The molecule has 122 valence electrons. The number of imidazole rings is 1. The number of aryl methyl sites for hydroxylation is 1. The second-order valence-electron chi connectivity index (χ2n) is 5.57. The Bertz CT molecular complexity index is 659. The van der Waals surface area contributed by atoms with Gasteiger partial charge in [0.25, 0.3) is 5.91 Å². The Labute approximate surface area is 135 Å². The van der Waals surface area contributed by atoms with Crippen molar-refractivity contribution in [3.63, 3.8) is 0 Å². The van der Waals surface area contributed by atoms with Crippen molar-refractivity contribution in [1.29, 1.82) is 0 Å². The Morgan fingerprint density at radius 2 is 2.00 bits per heavy atom. The number of carbonyl (C=O) groups is 1. The zero-order chi connectivity index (χ0) is 16.2. The highest BCUT2D eigenvalue weighted by Gasteiger charge is 2.19. The van der Waals surface area contributed by atoms with E-state index in [2.05, 4.69) is 34.9 Å². The van der Waals surface area contributed by atoms with E-state index in [0.29, 0.717) is 5.69 Å². The molecule has 8 nitrogen and oxygen atoms in total. The molecule has 2 aromatic rings. The molecular weight excluding hydrogens is 294 g/mol. The lowest BCUT2D eigenvalue weighted by atomic mass is 10.3. The first-order chi connectivity index (χ1) is 11.2. The van der Waals surface area contributed by atoms with Gasteiger partial charge in [-0.2, -0.15) is 0 Å². The van der Waals surface area contributed by atoms with Gasteiger partial charge in [0.2, 0.25) is 0 Å². The summed E-state index contributed by atoms with van der Waals surface area (Å²) in [4.78, 5) is 20.4. The predicted octanol–water partition coefficient (Wildman–Crippen LogP) is -0.108. The summed E-state index contributed by atoms with van der Waals surface area (Å²) in [6.45, 7) is 4.53. The first kappa shape index (κ1) is 15.4. The number of piperazine rings is 1. The molecule has 1 saturated heterocycles. The number of hydrogen-bond acceptors (Lipinski definition) is 6. The van der Waals surface area contributed by atoms with Crippen molar-refractivity contribution in [2.45, 2.75) is 6.54 Å². The van der Waals surface area contributed by atoms with Crippen LogP contribution in [-0.4, -0.2) is 63.8 Å². The lowest BCUT2D eigenvalue weighted by Gasteiger charge is -2.34. The summed E-state index contributed by atoms with van der Waals surface area (Å²) < 4.78 is 2.05. The molecule has 2 aromatic heterocycles. The van der Waals surface area contributed by atoms with Crippen molar-refractivity contribution in [3.8, 4) is 0 Å². The van der Waals surface area contributed by atoms with Gasteiger partial charge in [0.1, 0.15) is 5.82 Å². The molecule has 0 bridgehead atoms. The molecule has 1 amide bonds. The predicted molar refractivity (Wildman–Crippen MR) is 86.1 cm³/mol. The number of aromatic nitrogens is 4. The summed E-state index contributed by atoms with van der Waals surface area (Å²) in [6, 6.07) is 3.56. The van der Waals surface area contributed by atoms with E-state index in [9.17, 15) is 4.79 Å². The Hall–Kier alpha value is -2.48. The second-order valence-corrected chi connectivity index (χ2v) is 5.57. The first-order valence-corrected chi connectivity index (χ1v) is 7.66. The summed E-state index contributed by atoms with van der Waals surface area (Å²) in [5.41, 5.74) is 0.338. The van der Waals surface area contributed by atoms with E-state index >= 15 is 0 Å². The van der Waals surface area contributed by atoms with Crippen LogP contribution in [0.3, 0.4) is 0 Å². The summed E-state index contributed by atoms with van der Waals surface area (Å²) in [7, 11) is 3.60. The SMILES string of the molecule is CNC(=O)c1ccc(N2CCN(Cc3nccn3C)CC2)nn1. The Morgan fingerprint density at radius 1 is 1.22 bits per heavy atom. The Balaban J connectivity index is 1.56. The van der Waals surface area contributed by atoms with E-state index in [1.54, 1.807) is 13.1 Å². The van der Waals surface area contributed by atoms with Gasteiger partial charge in [0.15, 0.2) is 11.5 Å². The van der Waals surface area contributed by atoms with Gasteiger partial charge >= 0.3 is 0 Å². The van der Waals surface area contributed by atoms with Crippen LogP contribution in [0.15, 0.2) is 24.5 Å². The van der Waals surface area contributed by atoms with E-state index < -0.39 is 0 Å². The number of amides is 1. The van der Waals surface area contributed by atoms with Crippen LogP contribution in [0.2, 0.25) is 0 Å². The number of nitrogens with zero attached hydrogens (tertiary/aromatic N) is 6. The minimum atomic E-state index is -0.219. The Morgan fingerprint density at radius 3 is 2.57 bits per heavy atom. The summed E-state index contributed by atoms with van der Waals surface area (Å²) in [5.74, 6) is 1.67. The van der Waals surface area contributed by atoms with Crippen LogP contribution in [0, 0.1) is 0 Å². The van der Waals surface area contributed by atoms with Gasteiger partial charge in [-0.1, -0.05) is 0 Å². The molecule has 1 N–H and O–H groups in total. The third kappa shape index (κ3) is 3.48. The average molecular weight is 315 g/mol. The Kier molecular flexibility index (Phi) is 4.52. The molecule has 0 saturated carbocycles. The highest BCUT2D eigenvalue weighted by atomic mass is 16.1. The van der Waals surface area contributed by atoms with Crippen molar-refractivity contribution in [2.24, 2.45) is 7.05 Å². The molecule has 0 aromatic carbocycles. The molecule has 0 atom stereocenters. The van der Waals surface area contributed by atoms with Crippen LogP contribution in [0.1, 0.15) is 16.3 Å². The van der Waals surface area contributed by atoms with Gasteiger partial charge in [-0.3, -0.25) is 9.69 Å². The van der Waals surface area contributed by atoms with Crippen LogP contribution in [0.25, 0.3) is 0 Å². The van der Waals surface area contributed by atoms with Crippen LogP contribution in [0.5, 0.6) is 0 Å². The molecule has 23 heavy (non-hydrogen) atoms. The molecule has 1 fully saturated rings. The monoisotopic (exact) mass is 315 g/mol. The fourth-order valence-electron chi connectivity index (χ4n) is 2.63. The third-order valence-corrected chi connectivity index (χ3v) is 4.09. The van der Waals surface area contributed by atoms with Crippen LogP contribution in [0.4, 0.5) is 5.82 Å². The second kappa shape index (κ2) is 6.74. The topological polar surface area (TPSA) is 79.2 Å². The maximum absolute atomic E-state index is 11.5. The van der Waals surface area contributed by atoms with Gasteiger partial charge in [0, 0.05) is 52.7 Å². The van der Waals surface area contributed by atoms with Crippen LogP contribution >= 0.6 is 0 Å². The summed E-state index contributed by atoms with van der Waals surface area (Å²) >= 11 is 0. The molecule has 1 aliphatic heterocycles. The molecule has 8 heteroatoms. The summed E-state index contributed by atoms with van der Waals surface area (Å²) in [6.07, 6.45) is 3.80. The molecule has 1 aliphatic rings. The van der Waals surface area contributed by atoms with E-state index in [1.165, 1.54) is 0 Å². The van der Waals surface area contributed by atoms with Gasteiger partial charge < -0.3 is 14.8 Å². The van der Waals surface area contributed by atoms with Crippen molar-refractivity contribution in [1.82, 2.24) is 30.0 Å². The van der Waals surface area contributed by atoms with Gasteiger partial charge in [0.05, 0.1) is 6.54 Å². The normalized spacial score (nSPS) is 15.7. The molecular formula is C15H21N7O. The number of nitrogens with one attached hydrogen (secondary N) is 1. The third-order valence-electron chi connectivity index (χ3n) is 4.09. The van der Waals surface area contributed by atoms with E-state index in [0.717, 1.165) is 44.4 Å². The molecule has 0 unspecified atom stereocenters. The first-order valence-electron chi connectivity index (χ1n) is 7.66. The minimum absolute atomic E-state index is 0.219. The number of anilines is 1. The summed E-state index contributed by atoms with van der Waals surface area (Å²) in [5, 5.41) is 10.7. The molecule has 0 spiro atoms. The maximum atomic E-state index is 11.5. The fourth-order valence-corrected chi connectivity index (χ4v) is 2.63.